The molecule has 2 N–H and O–H groups in total. The van der Waals surface area contributed by atoms with Crippen LogP contribution in [0, 0.1) is 0 Å². The van der Waals surface area contributed by atoms with Crippen molar-refractivity contribution in [2.24, 2.45) is 5.73 Å². The maximum absolute atomic E-state index is 6.28. The zero-order valence-corrected chi connectivity index (χ0v) is 12.0. The molecule has 108 valence electrons. The molecule has 1 saturated carbocycles. The van der Waals surface area contributed by atoms with Gasteiger partial charge in [0.1, 0.15) is 0 Å². The smallest absolute Gasteiger partial charge is 0.0727 e. The highest BCUT2D eigenvalue weighted by atomic mass is 16.5. The number of rotatable bonds is 4. The van der Waals surface area contributed by atoms with Crippen molar-refractivity contribution in [3.8, 4) is 0 Å². The first kappa shape index (κ1) is 15.9. The molecular weight excluding hydrogens is 226 g/mol. The highest BCUT2D eigenvalue weighted by Crippen LogP contribution is 2.18. The van der Waals surface area contributed by atoms with Crippen LogP contribution in [0.4, 0.5) is 0 Å². The van der Waals surface area contributed by atoms with E-state index in [4.69, 9.17) is 15.2 Å². The maximum atomic E-state index is 6.28. The molecule has 3 nitrogen and oxygen atoms in total. The molecule has 1 aliphatic rings. The van der Waals surface area contributed by atoms with Crippen LogP contribution in [0.15, 0.2) is 0 Å². The summed E-state index contributed by atoms with van der Waals surface area (Å²) >= 11 is 0. The molecule has 2 unspecified atom stereocenters. The molecule has 2 atom stereocenters. The van der Waals surface area contributed by atoms with Gasteiger partial charge in [-0.25, -0.2) is 0 Å². The summed E-state index contributed by atoms with van der Waals surface area (Å²) in [7, 11) is 1.71. The molecule has 0 spiro atoms. The van der Waals surface area contributed by atoms with E-state index >= 15 is 0 Å². The van der Waals surface area contributed by atoms with E-state index in [0.717, 1.165) is 12.8 Å². The number of nitrogens with two attached hydrogens (primary N) is 1. The summed E-state index contributed by atoms with van der Waals surface area (Å²) in [6.45, 7) is 1.35. The van der Waals surface area contributed by atoms with Crippen LogP contribution in [-0.2, 0) is 9.47 Å². The Morgan fingerprint density at radius 1 is 0.833 bits per heavy atom. The fourth-order valence-corrected chi connectivity index (χ4v) is 2.68. The third-order valence-corrected chi connectivity index (χ3v) is 3.87. The molecule has 18 heavy (non-hydrogen) atoms. The number of hydrogen-bond acceptors (Lipinski definition) is 3. The van der Waals surface area contributed by atoms with Gasteiger partial charge in [-0.15, -0.1) is 0 Å². The zero-order chi connectivity index (χ0) is 13.1. The summed E-state index contributed by atoms with van der Waals surface area (Å²) in [6, 6.07) is 0.210. The lowest BCUT2D eigenvalue weighted by Gasteiger charge is -2.25. The molecule has 0 aliphatic heterocycles. The minimum Gasteiger partial charge on any atom is -0.382 e. The van der Waals surface area contributed by atoms with E-state index < -0.39 is 0 Å². The van der Waals surface area contributed by atoms with Crippen molar-refractivity contribution in [3.05, 3.63) is 0 Å². The lowest BCUT2D eigenvalue weighted by molar-refractivity contribution is -0.00243. The lowest BCUT2D eigenvalue weighted by atomic mass is 9.96. The van der Waals surface area contributed by atoms with Crippen molar-refractivity contribution >= 4 is 0 Å². The third-order valence-electron chi connectivity index (χ3n) is 3.87. The molecule has 1 fully saturated rings. The Labute approximate surface area is 112 Å². The van der Waals surface area contributed by atoms with Crippen molar-refractivity contribution in [1.82, 2.24) is 0 Å². The van der Waals surface area contributed by atoms with Gasteiger partial charge < -0.3 is 15.2 Å². The first-order valence-corrected chi connectivity index (χ1v) is 7.70. The fourth-order valence-electron chi connectivity index (χ4n) is 2.68. The van der Waals surface area contributed by atoms with E-state index in [2.05, 4.69) is 0 Å². The van der Waals surface area contributed by atoms with Crippen LogP contribution in [0.1, 0.15) is 64.2 Å². The van der Waals surface area contributed by atoms with Gasteiger partial charge in [0.15, 0.2) is 0 Å². The Morgan fingerprint density at radius 3 is 2.00 bits per heavy atom. The van der Waals surface area contributed by atoms with Crippen molar-refractivity contribution in [2.75, 3.05) is 20.3 Å². The van der Waals surface area contributed by atoms with E-state index in [1.807, 2.05) is 0 Å². The molecule has 0 aromatic rings. The summed E-state index contributed by atoms with van der Waals surface area (Å²) in [4.78, 5) is 0. The second-order valence-electron chi connectivity index (χ2n) is 5.47. The highest BCUT2D eigenvalue weighted by Gasteiger charge is 2.18. The van der Waals surface area contributed by atoms with Gasteiger partial charge in [0.25, 0.3) is 0 Å². The molecule has 1 aliphatic carbocycles. The molecule has 0 aromatic carbocycles. The van der Waals surface area contributed by atoms with E-state index in [-0.39, 0.29) is 12.1 Å². The first-order valence-electron chi connectivity index (χ1n) is 7.70. The van der Waals surface area contributed by atoms with E-state index in [0.29, 0.717) is 13.2 Å². The van der Waals surface area contributed by atoms with Gasteiger partial charge in [-0.2, -0.15) is 0 Å². The maximum Gasteiger partial charge on any atom is 0.0727 e. The topological polar surface area (TPSA) is 44.5 Å². The van der Waals surface area contributed by atoms with Gasteiger partial charge in [-0.1, -0.05) is 51.4 Å². The van der Waals surface area contributed by atoms with Crippen LogP contribution in [0.5, 0.6) is 0 Å². The van der Waals surface area contributed by atoms with Gasteiger partial charge in [-0.05, 0) is 12.8 Å². The van der Waals surface area contributed by atoms with Crippen molar-refractivity contribution in [3.63, 3.8) is 0 Å². The summed E-state index contributed by atoms with van der Waals surface area (Å²) in [5.41, 5.74) is 6.28. The second kappa shape index (κ2) is 10.8. The van der Waals surface area contributed by atoms with Gasteiger partial charge in [0.2, 0.25) is 0 Å². The standard InChI is InChI=1S/C15H31NO2/c1-17-12-13-18-15-11-9-7-5-3-2-4-6-8-10-14(15)16/h14-15H,2-13,16H2,1H3. The van der Waals surface area contributed by atoms with Gasteiger partial charge in [0, 0.05) is 13.2 Å². The molecule has 0 bridgehead atoms. The van der Waals surface area contributed by atoms with Gasteiger partial charge in [0.05, 0.1) is 19.3 Å². The summed E-state index contributed by atoms with van der Waals surface area (Å²) in [5.74, 6) is 0. The van der Waals surface area contributed by atoms with E-state index in [1.54, 1.807) is 7.11 Å². The average molecular weight is 257 g/mol. The third kappa shape index (κ3) is 7.34. The Kier molecular flexibility index (Phi) is 9.54. The summed E-state index contributed by atoms with van der Waals surface area (Å²) < 4.78 is 10.9. The van der Waals surface area contributed by atoms with Crippen LogP contribution in [-0.4, -0.2) is 32.5 Å². The van der Waals surface area contributed by atoms with Crippen LogP contribution >= 0.6 is 0 Å². The second-order valence-corrected chi connectivity index (χ2v) is 5.47. The predicted octanol–water partition coefficient (Wildman–Crippen LogP) is 3.26. The highest BCUT2D eigenvalue weighted by molar-refractivity contribution is 4.74. The van der Waals surface area contributed by atoms with Gasteiger partial charge in [-0.3, -0.25) is 0 Å². The lowest BCUT2D eigenvalue weighted by Crippen LogP contribution is -2.37. The molecular formula is C15H31NO2. The zero-order valence-electron chi connectivity index (χ0n) is 12.0. The van der Waals surface area contributed by atoms with E-state index in [1.165, 1.54) is 51.4 Å². The summed E-state index contributed by atoms with van der Waals surface area (Å²) in [6.07, 6.45) is 13.2. The van der Waals surface area contributed by atoms with Crippen LogP contribution < -0.4 is 5.73 Å². The minimum absolute atomic E-state index is 0.210. The quantitative estimate of drug-likeness (QED) is 0.786. The molecule has 0 saturated heterocycles. The normalized spacial score (nSPS) is 28.3. The van der Waals surface area contributed by atoms with Crippen molar-refractivity contribution in [1.29, 1.82) is 0 Å². The van der Waals surface area contributed by atoms with Crippen molar-refractivity contribution in [2.45, 2.75) is 76.4 Å². The minimum atomic E-state index is 0.210. The molecule has 0 heterocycles. The molecule has 0 amide bonds. The molecule has 0 aromatic heterocycles. The Hall–Kier alpha value is -0.120. The molecule has 3 heteroatoms. The van der Waals surface area contributed by atoms with Crippen molar-refractivity contribution < 1.29 is 9.47 Å². The number of ether oxygens (including phenoxy) is 2. The predicted molar refractivity (Wildman–Crippen MR) is 75.8 cm³/mol. The Balaban J connectivity index is 2.32. The number of hydrogen-bond donors (Lipinski definition) is 1. The van der Waals surface area contributed by atoms with Crippen LogP contribution in [0.25, 0.3) is 0 Å². The SMILES string of the molecule is COCCOC1CCCCCCCCCCC1N. The molecule has 1 rings (SSSR count). The van der Waals surface area contributed by atoms with E-state index in [9.17, 15) is 0 Å². The fraction of sp³-hybridized carbons (Fsp3) is 1.00. The molecule has 0 radical (unpaired) electrons. The Morgan fingerprint density at radius 2 is 1.39 bits per heavy atom. The van der Waals surface area contributed by atoms with Crippen LogP contribution in [0.3, 0.4) is 0 Å². The van der Waals surface area contributed by atoms with Crippen LogP contribution in [0.2, 0.25) is 0 Å². The largest absolute Gasteiger partial charge is 0.382 e. The number of methoxy groups -OCH3 is 1. The first-order chi connectivity index (χ1) is 8.84. The Bertz CT molecular complexity index is 187. The monoisotopic (exact) mass is 257 g/mol. The van der Waals surface area contributed by atoms with Gasteiger partial charge >= 0.3 is 0 Å². The average Bonchev–Trinajstić information content (AvgIpc) is 2.37. The summed E-state index contributed by atoms with van der Waals surface area (Å²) in [5, 5.41) is 0.